The molecule has 156 valence electrons. The van der Waals surface area contributed by atoms with Gasteiger partial charge in [-0.05, 0) is 6.07 Å². The van der Waals surface area contributed by atoms with E-state index in [0.29, 0.717) is 37.1 Å². The van der Waals surface area contributed by atoms with Crippen LogP contribution in [-0.4, -0.2) is 64.7 Å². The molecule has 1 saturated heterocycles. The maximum atomic E-state index is 14.8. The average molecular weight is 433 g/mol. The number of pyridine rings is 2. The van der Waals surface area contributed by atoms with E-state index < -0.39 is 22.8 Å². The van der Waals surface area contributed by atoms with Crippen molar-refractivity contribution in [2.75, 3.05) is 38.3 Å². The first-order chi connectivity index (χ1) is 14.5. The third-order valence-electron chi connectivity index (χ3n) is 4.39. The van der Waals surface area contributed by atoms with Crippen LogP contribution in [0.1, 0.15) is 10.4 Å². The summed E-state index contributed by atoms with van der Waals surface area (Å²) in [6, 6.07) is 1.01. The van der Waals surface area contributed by atoms with Crippen LogP contribution < -0.4 is 10.3 Å². The molecule has 0 spiro atoms. The maximum absolute atomic E-state index is 14.8. The predicted molar refractivity (Wildman–Crippen MR) is 107 cm³/mol. The van der Waals surface area contributed by atoms with Crippen molar-refractivity contribution in [3.8, 4) is 5.13 Å². The summed E-state index contributed by atoms with van der Waals surface area (Å²) in [4.78, 5) is 39.2. The standard InChI is InChI=1S/C18H16FN5O5S/c1-28-3-4-29-22-10-7-23(8-10)16-13(19)6-11-14(25)12(17(26)27)9-24(15(11)21-16)18-20-2-5-30-18/h2,5-6,9H,3-4,7-8H2,1H3,(H,26,27). The van der Waals surface area contributed by atoms with Crippen molar-refractivity contribution in [1.82, 2.24) is 14.5 Å². The van der Waals surface area contributed by atoms with Crippen LogP contribution in [0, 0.1) is 5.82 Å². The number of aromatic carboxylic acids is 1. The van der Waals surface area contributed by atoms with Gasteiger partial charge in [0.15, 0.2) is 22.4 Å². The second-order valence-electron chi connectivity index (χ2n) is 6.37. The summed E-state index contributed by atoms with van der Waals surface area (Å²) in [5.41, 5.74) is -0.456. The molecule has 30 heavy (non-hydrogen) atoms. The molecule has 0 atom stereocenters. The van der Waals surface area contributed by atoms with Gasteiger partial charge < -0.3 is 19.6 Å². The van der Waals surface area contributed by atoms with Crippen LogP contribution in [0.5, 0.6) is 0 Å². The number of carbonyl (C=O) groups is 1. The number of halogens is 1. The van der Waals surface area contributed by atoms with Crippen molar-refractivity contribution in [3.63, 3.8) is 0 Å². The van der Waals surface area contributed by atoms with Crippen LogP contribution >= 0.6 is 11.3 Å². The summed E-state index contributed by atoms with van der Waals surface area (Å²) < 4.78 is 21.0. The van der Waals surface area contributed by atoms with Gasteiger partial charge in [0.05, 0.1) is 30.8 Å². The van der Waals surface area contributed by atoms with Crippen LogP contribution in [0.3, 0.4) is 0 Å². The number of nitrogens with zero attached hydrogens (tertiary/aromatic N) is 5. The minimum Gasteiger partial charge on any atom is -0.477 e. The smallest absolute Gasteiger partial charge is 0.341 e. The molecule has 1 aliphatic rings. The topological polar surface area (TPSA) is 119 Å². The molecule has 4 rings (SSSR count). The van der Waals surface area contributed by atoms with E-state index in [1.54, 1.807) is 17.4 Å². The molecular formula is C18H16FN5O5S. The number of carboxylic acids is 1. The zero-order chi connectivity index (χ0) is 21.3. The molecule has 12 heteroatoms. The van der Waals surface area contributed by atoms with Crippen molar-refractivity contribution in [3.05, 3.63) is 45.4 Å². The molecule has 0 radical (unpaired) electrons. The van der Waals surface area contributed by atoms with E-state index in [9.17, 15) is 19.1 Å². The van der Waals surface area contributed by atoms with Crippen LogP contribution in [-0.2, 0) is 9.57 Å². The Morgan fingerprint density at radius 2 is 2.20 bits per heavy atom. The minimum absolute atomic E-state index is 0.0334. The van der Waals surface area contributed by atoms with Gasteiger partial charge in [0.1, 0.15) is 12.2 Å². The Morgan fingerprint density at radius 1 is 1.40 bits per heavy atom. The molecule has 4 heterocycles. The van der Waals surface area contributed by atoms with E-state index in [1.807, 2.05) is 0 Å². The summed E-state index contributed by atoms with van der Waals surface area (Å²) in [5, 5.41) is 15.3. The first kappa shape index (κ1) is 19.9. The quantitative estimate of drug-likeness (QED) is 0.440. The molecule has 0 aromatic carbocycles. The van der Waals surface area contributed by atoms with Crippen molar-refractivity contribution in [2.24, 2.45) is 5.16 Å². The Labute approximate surface area is 172 Å². The Morgan fingerprint density at radius 3 is 2.87 bits per heavy atom. The van der Waals surface area contributed by atoms with Gasteiger partial charge in [-0.1, -0.05) is 5.16 Å². The van der Waals surface area contributed by atoms with Crippen molar-refractivity contribution >= 4 is 39.9 Å². The van der Waals surface area contributed by atoms with Crippen LogP contribution in [0.25, 0.3) is 16.2 Å². The highest BCUT2D eigenvalue weighted by atomic mass is 32.1. The summed E-state index contributed by atoms with van der Waals surface area (Å²) in [6.45, 7) is 1.36. The Kier molecular flexibility index (Phi) is 5.42. The van der Waals surface area contributed by atoms with E-state index in [1.165, 1.54) is 22.1 Å². The van der Waals surface area contributed by atoms with Gasteiger partial charge in [0.25, 0.3) is 0 Å². The number of rotatable bonds is 7. The lowest BCUT2D eigenvalue weighted by molar-refractivity contribution is 0.0695. The molecule has 1 N–H and O–H groups in total. The number of aromatic nitrogens is 3. The van der Waals surface area contributed by atoms with E-state index >= 15 is 0 Å². The molecular weight excluding hydrogens is 417 g/mol. The fraction of sp³-hybridized carbons (Fsp3) is 0.278. The van der Waals surface area contributed by atoms with Crippen molar-refractivity contribution in [1.29, 1.82) is 0 Å². The van der Waals surface area contributed by atoms with Gasteiger partial charge in [0, 0.05) is 24.9 Å². The second kappa shape index (κ2) is 8.16. The number of thiazole rings is 1. The zero-order valence-electron chi connectivity index (χ0n) is 15.7. The van der Waals surface area contributed by atoms with Gasteiger partial charge in [-0.25, -0.2) is 19.2 Å². The first-order valence-electron chi connectivity index (χ1n) is 8.80. The summed E-state index contributed by atoms with van der Waals surface area (Å²) in [5.74, 6) is -2.10. The predicted octanol–water partition coefficient (Wildman–Crippen LogP) is 1.52. The second-order valence-corrected chi connectivity index (χ2v) is 7.24. The molecule has 1 fully saturated rings. The first-order valence-corrected chi connectivity index (χ1v) is 9.68. The molecule has 1 aliphatic heterocycles. The number of hydrogen-bond donors (Lipinski definition) is 1. The van der Waals surface area contributed by atoms with E-state index in [4.69, 9.17) is 9.57 Å². The van der Waals surface area contributed by atoms with Crippen molar-refractivity contribution in [2.45, 2.75) is 0 Å². The van der Waals surface area contributed by atoms with Gasteiger partial charge in [-0.2, -0.15) is 0 Å². The SMILES string of the molecule is COCCON=C1CN(c2nc3c(cc2F)c(=O)c(C(=O)O)cn3-c2nccs2)C1. The Bertz CT molecular complexity index is 1190. The molecule has 0 unspecified atom stereocenters. The van der Waals surface area contributed by atoms with Gasteiger partial charge >= 0.3 is 5.97 Å². The minimum atomic E-state index is -1.41. The zero-order valence-corrected chi connectivity index (χ0v) is 16.6. The monoisotopic (exact) mass is 433 g/mol. The number of anilines is 1. The number of oxime groups is 1. The lowest BCUT2D eigenvalue weighted by Crippen LogP contribution is -2.48. The van der Waals surface area contributed by atoms with Crippen LogP contribution in [0.4, 0.5) is 10.2 Å². The lowest BCUT2D eigenvalue weighted by Gasteiger charge is -2.33. The maximum Gasteiger partial charge on any atom is 0.341 e. The molecule has 0 aliphatic carbocycles. The number of ether oxygens (including phenoxy) is 1. The molecule has 3 aromatic rings. The molecule has 0 bridgehead atoms. The van der Waals surface area contributed by atoms with Gasteiger partial charge in [-0.15, -0.1) is 11.3 Å². The third kappa shape index (κ3) is 3.62. The highest BCUT2D eigenvalue weighted by molar-refractivity contribution is 7.12. The van der Waals surface area contributed by atoms with E-state index in [-0.39, 0.29) is 16.9 Å². The highest BCUT2D eigenvalue weighted by Crippen LogP contribution is 2.26. The average Bonchev–Trinajstić information content (AvgIpc) is 3.21. The number of fused-ring (bicyclic) bond motifs is 1. The van der Waals surface area contributed by atoms with E-state index in [2.05, 4.69) is 15.1 Å². The Hall–Kier alpha value is -3.38. The highest BCUT2D eigenvalue weighted by Gasteiger charge is 2.28. The molecule has 10 nitrogen and oxygen atoms in total. The summed E-state index contributed by atoms with van der Waals surface area (Å²) in [6.07, 6.45) is 2.70. The summed E-state index contributed by atoms with van der Waals surface area (Å²) >= 11 is 1.23. The number of hydrogen-bond acceptors (Lipinski definition) is 9. The van der Waals surface area contributed by atoms with Gasteiger partial charge in [0.2, 0.25) is 5.43 Å². The van der Waals surface area contributed by atoms with Crippen molar-refractivity contribution < 1.29 is 23.9 Å². The number of methoxy groups -OCH3 is 1. The van der Waals surface area contributed by atoms with Gasteiger partial charge in [-0.3, -0.25) is 9.36 Å². The van der Waals surface area contributed by atoms with Crippen LogP contribution in [0.15, 0.2) is 33.8 Å². The normalized spacial score (nSPS) is 13.4. The largest absolute Gasteiger partial charge is 0.477 e. The number of carboxylic acid groups (broad SMARTS) is 1. The fourth-order valence-electron chi connectivity index (χ4n) is 2.93. The van der Waals surface area contributed by atoms with E-state index in [0.717, 1.165) is 12.3 Å². The summed E-state index contributed by atoms with van der Waals surface area (Å²) in [7, 11) is 1.56. The lowest BCUT2D eigenvalue weighted by atomic mass is 10.1. The molecule has 0 saturated carbocycles. The Balaban J connectivity index is 1.73. The van der Waals surface area contributed by atoms with Crippen LogP contribution in [0.2, 0.25) is 0 Å². The molecule has 3 aromatic heterocycles. The molecule has 0 amide bonds. The fourth-order valence-corrected chi connectivity index (χ4v) is 3.55. The third-order valence-corrected chi connectivity index (χ3v) is 5.16.